The van der Waals surface area contributed by atoms with Crippen molar-refractivity contribution < 1.29 is 5.11 Å². The van der Waals surface area contributed by atoms with Crippen molar-refractivity contribution in [2.45, 2.75) is 39.7 Å². The molecule has 0 spiro atoms. The fourth-order valence-corrected chi connectivity index (χ4v) is 3.31. The van der Waals surface area contributed by atoms with Crippen molar-refractivity contribution in [3.05, 3.63) is 35.4 Å². The lowest BCUT2D eigenvalue weighted by molar-refractivity contribution is 0.0606. The van der Waals surface area contributed by atoms with Crippen LogP contribution in [0.3, 0.4) is 0 Å². The summed E-state index contributed by atoms with van der Waals surface area (Å²) in [7, 11) is 0. The van der Waals surface area contributed by atoms with E-state index in [-0.39, 0.29) is 12.6 Å². The van der Waals surface area contributed by atoms with Crippen molar-refractivity contribution in [3.8, 4) is 0 Å². The average Bonchev–Trinajstić information content (AvgIpc) is 2.49. The summed E-state index contributed by atoms with van der Waals surface area (Å²) < 4.78 is 0. The lowest BCUT2D eigenvalue weighted by atomic mass is 9.98. The topological polar surface area (TPSA) is 26.7 Å². The van der Waals surface area contributed by atoms with E-state index in [9.17, 15) is 5.11 Å². The molecular formula is C19H32N2O. The molecule has 1 saturated heterocycles. The van der Waals surface area contributed by atoms with Gasteiger partial charge in [0, 0.05) is 32.7 Å². The number of aliphatic hydroxyl groups is 1. The van der Waals surface area contributed by atoms with Crippen LogP contribution in [0.25, 0.3) is 0 Å². The Morgan fingerprint density at radius 1 is 0.909 bits per heavy atom. The molecule has 0 saturated carbocycles. The highest BCUT2D eigenvalue weighted by Crippen LogP contribution is 2.24. The number of hydrogen-bond donors (Lipinski definition) is 1. The zero-order valence-corrected chi connectivity index (χ0v) is 14.6. The molecule has 22 heavy (non-hydrogen) atoms. The lowest BCUT2D eigenvalue weighted by Crippen LogP contribution is -2.49. The van der Waals surface area contributed by atoms with E-state index < -0.39 is 0 Å². The number of aliphatic hydroxyl groups excluding tert-OH is 1. The molecule has 1 unspecified atom stereocenters. The largest absolute Gasteiger partial charge is 0.394 e. The van der Waals surface area contributed by atoms with Gasteiger partial charge >= 0.3 is 0 Å². The van der Waals surface area contributed by atoms with Crippen molar-refractivity contribution in [1.82, 2.24) is 9.80 Å². The average molecular weight is 304 g/mol. The van der Waals surface area contributed by atoms with E-state index >= 15 is 0 Å². The number of rotatable bonds is 6. The number of benzene rings is 1. The molecule has 2 rings (SSSR count). The van der Waals surface area contributed by atoms with Gasteiger partial charge in [-0.3, -0.25) is 4.90 Å². The summed E-state index contributed by atoms with van der Waals surface area (Å²) in [5, 5.41) is 9.87. The summed E-state index contributed by atoms with van der Waals surface area (Å²) in [5.41, 5.74) is 2.60. The fraction of sp³-hybridized carbons (Fsp3) is 0.684. The van der Waals surface area contributed by atoms with Crippen LogP contribution in [-0.4, -0.2) is 54.2 Å². The highest BCUT2D eigenvalue weighted by atomic mass is 16.3. The minimum atomic E-state index is 0.141. The molecule has 124 valence electrons. The second-order valence-corrected chi connectivity index (χ2v) is 7.25. The maximum atomic E-state index is 9.87. The molecule has 1 aromatic carbocycles. The molecule has 0 radical (unpaired) electrons. The zero-order valence-electron chi connectivity index (χ0n) is 14.6. The Morgan fingerprint density at radius 3 is 1.91 bits per heavy atom. The molecule has 1 heterocycles. The Balaban J connectivity index is 1.97. The fourth-order valence-electron chi connectivity index (χ4n) is 3.31. The van der Waals surface area contributed by atoms with Gasteiger partial charge in [-0.05, 0) is 23.0 Å². The maximum Gasteiger partial charge on any atom is 0.0628 e. The van der Waals surface area contributed by atoms with E-state index in [4.69, 9.17) is 0 Å². The minimum absolute atomic E-state index is 0.141. The van der Waals surface area contributed by atoms with E-state index in [1.807, 2.05) is 0 Å². The predicted octanol–water partition coefficient (Wildman–Crippen LogP) is 3.12. The van der Waals surface area contributed by atoms with Gasteiger partial charge in [0.15, 0.2) is 0 Å². The summed E-state index contributed by atoms with van der Waals surface area (Å²) in [6.07, 6.45) is 0. The van der Waals surface area contributed by atoms with E-state index in [2.05, 4.69) is 61.8 Å². The van der Waals surface area contributed by atoms with Gasteiger partial charge in [-0.2, -0.15) is 0 Å². The molecule has 1 fully saturated rings. The second kappa shape index (κ2) is 8.09. The molecule has 1 aliphatic rings. The van der Waals surface area contributed by atoms with E-state index in [0.717, 1.165) is 32.1 Å². The molecule has 1 aromatic rings. The quantitative estimate of drug-likeness (QED) is 0.875. The first-order valence-electron chi connectivity index (χ1n) is 8.68. The Morgan fingerprint density at radius 2 is 1.45 bits per heavy atom. The van der Waals surface area contributed by atoms with Crippen molar-refractivity contribution in [3.63, 3.8) is 0 Å². The third kappa shape index (κ3) is 4.55. The molecular weight excluding hydrogens is 272 g/mol. The van der Waals surface area contributed by atoms with Crippen LogP contribution in [0.4, 0.5) is 0 Å². The summed E-state index contributed by atoms with van der Waals surface area (Å²) in [5.74, 6) is 1.28. The summed E-state index contributed by atoms with van der Waals surface area (Å²) >= 11 is 0. The third-order valence-electron chi connectivity index (χ3n) is 4.63. The highest BCUT2D eigenvalue weighted by Gasteiger charge is 2.24. The number of hydrogen-bond acceptors (Lipinski definition) is 3. The Bertz CT molecular complexity index is 433. The van der Waals surface area contributed by atoms with Crippen molar-refractivity contribution >= 4 is 0 Å². The molecule has 0 aromatic heterocycles. The molecule has 0 bridgehead atoms. The van der Waals surface area contributed by atoms with Gasteiger partial charge in [-0.1, -0.05) is 52.0 Å². The SMILES string of the molecule is CC(C)CN1CCN(C(CO)c2ccc(C(C)C)cc2)CC1. The molecule has 1 aliphatic heterocycles. The zero-order chi connectivity index (χ0) is 16.1. The van der Waals surface area contributed by atoms with E-state index in [1.165, 1.54) is 17.7 Å². The van der Waals surface area contributed by atoms with Crippen LogP contribution in [0.1, 0.15) is 50.8 Å². The third-order valence-corrected chi connectivity index (χ3v) is 4.63. The van der Waals surface area contributed by atoms with Crippen LogP contribution in [0.15, 0.2) is 24.3 Å². The second-order valence-electron chi connectivity index (χ2n) is 7.25. The van der Waals surface area contributed by atoms with Crippen molar-refractivity contribution in [1.29, 1.82) is 0 Å². The molecule has 1 N–H and O–H groups in total. The standard InChI is InChI=1S/C19H32N2O/c1-15(2)13-20-9-11-21(12-10-20)19(14-22)18-7-5-17(6-8-18)16(3)4/h5-8,15-16,19,22H,9-14H2,1-4H3. The first kappa shape index (κ1) is 17.5. The predicted molar refractivity (Wildman–Crippen MR) is 93.2 cm³/mol. The van der Waals surface area contributed by atoms with Gasteiger partial charge in [0.2, 0.25) is 0 Å². The maximum absolute atomic E-state index is 9.87. The van der Waals surface area contributed by atoms with Crippen LogP contribution in [-0.2, 0) is 0 Å². The van der Waals surface area contributed by atoms with Crippen molar-refractivity contribution in [2.75, 3.05) is 39.3 Å². The van der Waals surface area contributed by atoms with Gasteiger partial charge in [0.05, 0.1) is 12.6 Å². The smallest absolute Gasteiger partial charge is 0.0628 e. The molecule has 0 amide bonds. The Labute approximate surface area is 135 Å². The van der Waals surface area contributed by atoms with Crippen LogP contribution >= 0.6 is 0 Å². The minimum Gasteiger partial charge on any atom is -0.394 e. The molecule has 0 aliphatic carbocycles. The van der Waals surface area contributed by atoms with Gasteiger partial charge in [-0.25, -0.2) is 0 Å². The molecule has 3 heteroatoms. The number of piperazine rings is 1. The first-order valence-corrected chi connectivity index (χ1v) is 8.68. The summed E-state index contributed by atoms with van der Waals surface area (Å²) in [4.78, 5) is 4.97. The van der Waals surface area contributed by atoms with E-state index in [0.29, 0.717) is 5.92 Å². The first-order chi connectivity index (χ1) is 10.5. The van der Waals surface area contributed by atoms with Crippen molar-refractivity contribution in [2.24, 2.45) is 5.92 Å². The number of nitrogens with zero attached hydrogens (tertiary/aromatic N) is 2. The molecule has 1 atom stereocenters. The van der Waals surface area contributed by atoms with Gasteiger partial charge in [0.1, 0.15) is 0 Å². The lowest BCUT2D eigenvalue weighted by Gasteiger charge is -2.39. The van der Waals surface area contributed by atoms with Gasteiger partial charge in [-0.15, -0.1) is 0 Å². The monoisotopic (exact) mass is 304 g/mol. The highest BCUT2D eigenvalue weighted by molar-refractivity contribution is 5.27. The Kier molecular flexibility index (Phi) is 6.42. The van der Waals surface area contributed by atoms with E-state index in [1.54, 1.807) is 0 Å². The van der Waals surface area contributed by atoms with Crippen LogP contribution in [0.2, 0.25) is 0 Å². The normalized spacial score (nSPS) is 19.0. The Hall–Kier alpha value is -0.900. The van der Waals surface area contributed by atoms with Crippen LogP contribution < -0.4 is 0 Å². The summed E-state index contributed by atoms with van der Waals surface area (Å²) in [6, 6.07) is 8.94. The van der Waals surface area contributed by atoms with Gasteiger partial charge < -0.3 is 10.0 Å². The molecule has 3 nitrogen and oxygen atoms in total. The summed E-state index contributed by atoms with van der Waals surface area (Å²) in [6.45, 7) is 14.7. The van der Waals surface area contributed by atoms with Gasteiger partial charge in [0.25, 0.3) is 0 Å². The van der Waals surface area contributed by atoms with Crippen LogP contribution in [0, 0.1) is 5.92 Å². The van der Waals surface area contributed by atoms with Crippen LogP contribution in [0.5, 0.6) is 0 Å².